The molecule has 2 atom stereocenters. The van der Waals surface area contributed by atoms with Gasteiger partial charge in [-0.05, 0) is 52.1 Å². The quantitative estimate of drug-likeness (QED) is 0.846. The molecule has 0 amide bonds. The van der Waals surface area contributed by atoms with Crippen LogP contribution >= 0.6 is 0 Å². The van der Waals surface area contributed by atoms with E-state index in [1.807, 2.05) is 0 Å². The van der Waals surface area contributed by atoms with Crippen molar-refractivity contribution < 1.29 is 4.74 Å². The lowest BCUT2D eigenvalue weighted by atomic mass is 9.83. The van der Waals surface area contributed by atoms with Crippen molar-refractivity contribution in [2.75, 3.05) is 26.7 Å². The number of hydrogen-bond acceptors (Lipinski definition) is 3. The fraction of sp³-hybridized carbons (Fsp3) is 1.00. The predicted octanol–water partition coefficient (Wildman–Crippen LogP) is 2.55. The molecule has 3 aliphatic rings. The lowest BCUT2D eigenvalue weighted by Crippen LogP contribution is -2.42. The van der Waals surface area contributed by atoms with Crippen molar-refractivity contribution in [3.05, 3.63) is 0 Å². The summed E-state index contributed by atoms with van der Waals surface area (Å²) < 4.78 is 6.52. The average Bonchev–Trinajstić information content (AvgIpc) is 3.00. The van der Waals surface area contributed by atoms with Crippen LogP contribution in [0.15, 0.2) is 0 Å². The molecule has 19 heavy (non-hydrogen) atoms. The summed E-state index contributed by atoms with van der Waals surface area (Å²) in [6, 6.07) is 0.747. The minimum absolute atomic E-state index is 0.293. The van der Waals surface area contributed by atoms with Crippen LogP contribution in [0.3, 0.4) is 0 Å². The summed E-state index contributed by atoms with van der Waals surface area (Å²) in [5.41, 5.74) is 0.293. The number of nitrogens with zero attached hydrogens (tertiary/aromatic N) is 1. The highest BCUT2D eigenvalue weighted by Gasteiger charge is 2.41. The number of likely N-dealkylation sites (tertiary alicyclic amines) is 1. The van der Waals surface area contributed by atoms with Crippen LogP contribution in [-0.4, -0.2) is 49.3 Å². The summed E-state index contributed by atoms with van der Waals surface area (Å²) in [5, 5.41) is 3.34. The Kier molecular flexibility index (Phi) is 4.45. The van der Waals surface area contributed by atoms with Gasteiger partial charge in [-0.25, -0.2) is 0 Å². The van der Waals surface area contributed by atoms with Gasteiger partial charge < -0.3 is 10.1 Å². The standard InChI is InChI=1S/C16H30N2O/c1-17-12-14-6-5-11-18(14)13-15-7-10-16(19-15)8-3-2-4-9-16/h14-15,17H,2-13H2,1H3. The van der Waals surface area contributed by atoms with Crippen LogP contribution in [0.5, 0.6) is 0 Å². The lowest BCUT2D eigenvalue weighted by molar-refractivity contribution is -0.0725. The Morgan fingerprint density at radius 1 is 1.11 bits per heavy atom. The molecule has 0 radical (unpaired) electrons. The van der Waals surface area contributed by atoms with E-state index in [9.17, 15) is 0 Å². The van der Waals surface area contributed by atoms with Crippen LogP contribution in [-0.2, 0) is 4.74 Å². The van der Waals surface area contributed by atoms with Gasteiger partial charge >= 0.3 is 0 Å². The maximum absolute atomic E-state index is 6.52. The minimum Gasteiger partial charge on any atom is -0.370 e. The van der Waals surface area contributed by atoms with E-state index in [1.54, 1.807) is 0 Å². The van der Waals surface area contributed by atoms with Crippen molar-refractivity contribution >= 4 is 0 Å². The van der Waals surface area contributed by atoms with Gasteiger partial charge in [0.1, 0.15) is 0 Å². The van der Waals surface area contributed by atoms with Crippen LogP contribution in [0.1, 0.15) is 57.8 Å². The van der Waals surface area contributed by atoms with Crippen molar-refractivity contribution in [2.45, 2.75) is 75.5 Å². The molecule has 0 aromatic heterocycles. The van der Waals surface area contributed by atoms with E-state index in [0.29, 0.717) is 11.7 Å². The zero-order valence-corrected chi connectivity index (χ0v) is 12.5. The zero-order chi connectivity index (χ0) is 13.1. The Hall–Kier alpha value is -0.120. The van der Waals surface area contributed by atoms with Crippen molar-refractivity contribution in [3.63, 3.8) is 0 Å². The molecule has 2 heterocycles. The van der Waals surface area contributed by atoms with E-state index in [4.69, 9.17) is 4.74 Å². The Balaban J connectivity index is 1.51. The third kappa shape index (κ3) is 3.14. The highest BCUT2D eigenvalue weighted by Crippen LogP contribution is 2.42. The molecule has 3 nitrogen and oxygen atoms in total. The summed E-state index contributed by atoms with van der Waals surface area (Å²) >= 11 is 0. The molecule has 0 bridgehead atoms. The van der Waals surface area contributed by atoms with Crippen molar-refractivity contribution in [2.24, 2.45) is 0 Å². The van der Waals surface area contributed by atoms with E-state index in [0.717, 1.165) is 12.6 Å². The van der Waals surface area contributed by atoms with E-state index >= 15 is 0 Å². The van der Waals surface area contributed by atoms with Crippen LogP contribution in [0, 0.1) is 0 Å². The summed E-state index contributed by atoms with van der Waals surface area (Å²) in [7, 11) is 2.07. The van der Waals surface area contributed by atoms with Crippen LogP contribution in [0.2, 0.25) is 0 Å². The molecule has 0 aromatic rings. The Morgan fingerprint density at radius 3 is 2.74 bits per heavy atom. The first-order valence-corrected chi connectivity index (χ1v) is 8.38. The number of nitrogens with one attached hydrogen (secondary N) is 1. The third-order valence-corrected chi connectivity index (χ3v) is 5.48. The maximum atomic E-state index is 6.52. The van der Waals surface area contributed by atoms with Gasteiger partial charge in [0.2, 0.25) is 0 Å². The van der Waals surface area contributed by atoms with Gasteiger partial charge in [0.05, 0.1) is 11.7 Å². The highest BCUT2D eigenvalue weighted by molar-refractivity contribution is 4.93. The normalized spacial score (nSPS) is 35.2. The Labute approximate surface area is 118 Å². The molecular weight excluding hydrogens is 236 g/mol. The monoisotopic (exact) mass is 266 g/mol. The van der Waals surface area contributed by atoms with Crippen molar-refractivity contribution in [1.29, 1.82) is 0 Å². The van der Waals surface area contributed by atoms with E-state index < -0.39 is 0 Å². The first kappa shape index (κ1) is 13.8. The molecule has 1 N–H and O–H groups in total. The number of ether oxygens (including phenoxy) is 1. The number of rotatable bonds is 4. The number of hydrogen-bond donors (Lipinski definition) is 1. The van der Waals surface area contributed by atoms with Gasteiger partial charge in [-0.15, -0.1) is 0 Å². The lowest BCUT2D eigenvalue weighted by Gasteiger charge is -2.34. The van der Waals surface area contributed by atoms with Crippen molar-refractivity contribution in [1.82, 2.24) is 10.2 Å². The summed E-state index contributed by atoms with van der Waals surface area (Å²) in [6.07, 6.45) is 12.7. The largest absolute Gasteiger partial charge is 0.370 e. The molecule has 3 heteroatoms. The number of likely N-dealkylation sites (N-methyl/N-ethyl adjacent to an activating group) is 1. The van der Waals surface area contributed by atoms with E-state index in [2.05, 4.69) is 17.3 Å². The third-order valence-electron chi connectivity index (χ3n) is 5.48. The van der Waals surface area contributed by atoms with Gasteiger partial charge in [-0.3, -0.25) is 4.90 Å². The second-order valence-electron chi connectivity index (χ2n) is 6.87. The topological polar surface area (TPSA) is 24.5 Å². The first-order valence-electron chi connectivity index (χ1n) is 8.38. The average molecular weight is 266 g/mol. The van der Waals surface area contributed by atoms with E-state index in [1.165, 1.54) is 70.9 Å². The molecule has 1 aliphatic carbocycles. The first-order chi connectivity index (χ1) is 9.31. The smallest absolute Gasteiger partial charge is 0.0710 e. The molecule has 3 rings (SSSR count). The SMILES string of the molecule is CNCC1CCCN1CC1CCC2(CCCCC2)O1. The molecule has 1 saturated carbocycles. The van der Waals surface area contributed by atoms with Crippen molar-refractivity contribution in [3.8, 4) is 0 Å². The van der Waals surface area contributed by atoms with E-state index in [-0.39, 0.29) is 0 Å². The van der Waals surface area contributed by atoms with Gasteiger partial charge in [0, 0.05) is 19.1 Å². The summed E-state index contributed by atoms with van der Waals surface area (Å²) in [5.74, 6) is 0. The highest BCUT2D eigenvalue weighted by atomic mass is 16.5. The predicted molar refractivity (Wildman–Crippen MR) is 78.4 cm³/mol. The van der Waals surface area contributed by atoms with Gasteiger partial charge in [-0.2, -0.15) is 0 Å². The van der Waals surface area contributed by atoms with Crippen LogP contribution in [0.4, 0.5) is 0 Å². The van der Waals surface area contributed by atoms with Gasteiger partial charge in [0.15, 0.2) is 0 Å². The second kappa shape index (κ2) is 6.11. The second-order valence-corrected chi connectivity index (χ2v) is 6.87. The molecule has 1 spiro atoms. The fourth-order valence-electron chi connectivity index (χ4n) is 4.45. The van der Waals surface area contributed by atoms with Crippen LogP contribution in [0.25, 0.3) is 0 Å². The molecular formula is C16H30N2O. The summed E-state index contributed by atoms with van der Waals surface area (Å²) in [4.78, 5) is 2.67. The van der Waals surface area contributed by atoms with Gasteiger partial charge in [0.25, 0.3) is 0 Å². The molecule has 0 aromatic carbocycles. The molecule has 110 valence electrons. The molecule has 3 fully saturated rings. The molecule has 2 unspecified atom stereocenters. The minimum atomic E-state index is 0.293. The Morgan fingerprint density at radius 2 is 1.95 bits per heavy atom. The van der Waals surface area contributed by atoms with Crippen LogP contribution < -0.4 is 5.32 Å². The fourth-order valence-corrected chi connectivity index (χ4v) is 4.45. The zero-order valence-electron chi connectivity index (χ0n) is 12.5. The Bertz CT molecular complexity index is 288. The maximum Gasteiger partial charge on any atom is 0.0710 e. The molecule has 2 aliphatic heterocycles. The summed E-state index contributed by atoms with van der Waals surface area (Å²) in [6.45, 7) is 3.59. The van der Waals surface area contributed by atoms with Gasteiger partial charge in [-0.1, -0.05) is 19.3 Å². The molecule has 2 saturated heterocycles.